The molecule has 2 aromatic heterocycles. The average molecular weight is 334 g/mol. The third-order valence-electron chi connectivity index (χ3n) is 3.89. The van der Waals surface area contributed by atoms with Gasteiger partial charge in [-0.25, -0.2) is 0 Å². The fraction of sp³-hybridized carbons (Fsp3) is 0.500. The maximum Gasteiger partial charge on any atom is 0.234 e. The van der Waals surface area contributed by atoms with Gasteiger partial charge in [0, 0.05) is 30.4 Å². The molecule has 2 unspecified atom stereocenters. The molecule has 3 heterocycles. The Bertz CT molecular complexity index is 600. The van der Waals surface area contributed by atoms with Crippen molar-refractivity contribution in [3.05, 3.63) is 40.8 Å². The van der Waals surface area contributed by atoms with Gasteiger partial charge in [0.15, 0.2) is 0 Å². The standard InChI is InChI=1S/C16H22N4O2S/c1-13(15-4-2-9-23-15)18-16(21)12-19-7-8-22-14(10-19)11-20-6-3-5-17-20/h2-6,9,13-14H,7-8,10-12H2,1H3,(H,18,21). The van der Waals surface area contributed by atoms with Crippen molar-refractivity contribution in [3.63, 3.8) is 0 Å². The zero-order valence-electron chi connectivity index (χ0n) is 13.2. The number of carbonyl (C=O) groups is 1. The third kappa shape index (κ3) is 4.63. The normalized spacial score (nSPS) is 20.3. The number of nitrogens with one attached hydrogen (secondary N) is 1. The molecular formula is C16H22N4O2S. The van der Waals surface area contributed by atoms with Crippen molar-refractivity contribution in [1.29, 1.82) is 0 Å². The monoisotopic (exact) mass is 334 g/mol. The van der Waals surface area contributed by atoms with Crippen LogP contribution in [-0.4, -0.2) is 52.9 Å². The average Bonchev–Trinajstić information content (AvgIpc) is 3.20. The molecule has 124 valence electrons. The highest BCUT2D eigenvalue weighted by atomic mass is 32.1. The Labute approximate surface area is 140 Å². The van der Waals surface area contributed by atoms with Gasteiger partial charge < -0.3 is 10.1 Å². The van der Waals surface area contributed by atoms with E-state index >= 15 is 0 Å². The van der Waals surface area contributed by atoms with Gasteiger partial charge in [0.05, 0.1) is 31.8 Å². The zero-order valence-corrected chi connectivity index (χ0v) is 14.0. The Morgan fingerprint density at radius 3 is 3.22 bits per heavy atom. The summed E-state index contributed by atoms with van der Waals surface area (Å²) in [6.45, 7) is 5.34. The number of hydrogen-bond donors (Lipinski definition) is 1. The molecule has 2 atom stereocenters. The second-order valence-electron chi connectivity index (χ2n) is 5.76. The molecule has 1 N–H and O–H groups in total. The number of carbonyl (C=O) groups excluding carboxylic acids is 1. The van der Waals surface area contributed by atoms with Gasteiger partial charge in [0.25, 0.3) is 0 Å². The first-order chi connectivity index (χ1) is 11.2. The van der Waals surface area contributed by atoms with Crippen LogP contribution in [0, 0.1) is 0 Å². The molecule has 2 aromatic rings. The van der Waals surface area contributed by atoms with E-state index in [1.165, 1.54) is 4.88 Å². The maximum atomic E-state index is 12.2. The van der Waals surface area contributed by atoms with Crippen molar-refractivity contribution < 1.29 is 9.53 Å². The van der Waals surface area contributed by atoms with Crippen LogP contribution in [0.25, 0.3) is 0 Å². The first kappa shape index (κ1) is 16.2. The second kappa shape index (κ2) is 7.72. The second-order valence-corrected chi connectivity index (χ2v) is 6.74. The number of ether oxygens (including phenoxy) is 1. The van der Waals surface area contributed by atoms with Crippen molar-refractivity contribution in [2.45, 2.75) is 25.6 Å². The molecule has 1 fully saturated rings. The number of aromatic nitrogens is 2. The van der Waals surface area contributed by atoms with E-state index in [-0.39, 0.29) is 18.1 Å². The Morgan fingerprint density at radius 2 is 2.48 bits per heavy atom. The molecule has 0 saturated carbocycles. The zero-order chi connectivity index (χ0) is 16.1. The lowest BCUT2D eigenvalue weighted by Crippen LogP contribution is -2.48. The molecule has 0 spiro atoms. The van der Waals surface area contributed by atoms with E-state index in [0.29, 0.717) is 13.2 Å². The SMILES string of the molecule is CC(NC(=O)CN1CCOC(Cn2cccn2)C1)c1cccs1. The molecule has 7 heteroatoms. The van der Waals surface area contributed by atoms with Crippen LogP contribution in [0.1, 0.15) is 17.8 Å². The molecule has 6 nitrogen and oxygen atoms in total. The van der Waals surface area contributed by atoms with E-state index in [1.807, 2.05) is 41.4 Å². The van der Waals surface area contributed by atoms with E-state index in [4.69, 9.17) is 4.74 Å². The Hall–Kier alpha value is -1.70. The Kier molecular flexibility index (Phi) is 5.43. The quantitative estimate of drug-likeness (QED) is 0.870. The number of nitrogens with zero attached hydrogens (tertiary/aromatic N) is 3. The van der Waals surface area contributed by atoms with Gasteiger partial charge in [-0.1, -0.05) is 6.07 Å². The highest BCUT2D eigenvalue weighted by Crippen LogP contribution is 2.18. The fourth-order valence-electron chi connectivity index (χ4n) is 2.75. The van der Waals surface area contributed by atoms with Crippen LogP contribution in [0.5, 0.6) is 0 Å². The van der Waals surface area contributed by atoms with Crippen LogP contribution in [0.4, 0.5) is 0 Å². The lowest BCUT2D eigenvalue weighted by atomic mass is 10.2. The minimum Gasteiger partial charge on any atom is -0.374 e. The molecule has 0 radical (unpaired) electrons. The number of hydrogen-bond acceptors (Lipinski definition) is 5. The third-order valence-corrected chi connectivity index (χ3v) is 4.94. The summed E-state index contributed by atoms with van der Waals surface area (Å²) in [7, 11) is 0. The summed E-state index contributed by atoms with van der Waals surface area (Å²) < 4.78 is 7.64. The van der Waals surface area contributed by atoms with Gasteiger partial charge in [-0.2, -0.15) is 5.10 Å². The summed E-state index contributed by atoms with van der Waals surface area (Å²) in [6, 6.07) is 6.01. The van der Waals surface area contributed by atoms with Gasteiger partial charge >= 0.3 is 0 Å². The van der Waals surface area contributed by atoms with E-state index in [1.54, 1.807) is 17.5 Å². The van der Waals surface area contributed by atoms with Crippen molar-refractivity contribution in [2.75, 3.05) is 26.2 Å². The van der Waals surface area contributed by atoms with Crippen molar-refractivity contribution in [3.8, 4) is 0 Å². The topological polar surface area (TPSA) is 59.4 Å². The van der Waals surface area contributed by atoms with Crippen LogP contribution < -0.4 is 5.32 Å². The highest BCUT2D eigenvalue weighted by Gasteiger charge is 2.23. The molecule has 3 rings (SSSR count). The van der Waals surface area contributed by atoms with Crippen LogP contribution in [0.15, 0.2) is 36.0 Å². The maximum absolute atomic E-state index is 12.2. The van der Waals surface area contributed by atoms with Gasteiger partial charge in [-0.05, 0) is 24.4 Å². The first-order valence-electron chi connectivity index (χ1n) is 7.85. The Morgan fingerprint density at radius 1 is 1.57 bits per heavy atom. The van der Waals surface area contributed by atoms with E-state index in [0.717, 1.165) is 19.6 Å². The summed E-state index contributed by atoms with van der Waals surface area (Å²) in [5, 5.41) is 9.29. The van der Waals surface area contributed by atoms with Gasteiger partial charge in [-0.15, -0.1) is 11.3 Å². The van der Waals surface area contributed by atoms with Crippen LogP contribution in [0.2, 0.25) is 0 Å². The van der Waals surface area contributed by atoms with Crippen LogP contribution >= 0.6 is 11.3 Å². The van der Waals surface area contributed by atoms with E-state index in [2.05, 4.69) is 15.3 Å². The van der Waals surface area contributed by atoms with E-state index in [9.17, 15) is 4.79 Å². The molecule has 0 aliphatic carbocycles. The number of morpholine rings is 1. The lowest BCUT2D eigenvalue weighted by Gasteiger charge is -2.32. The molecule has 1 aliphatic heterocycles. The molecule has 1 aliphatic rings. The molecule has 1 saturated heterocycles. The number of thiophene rings is 1. The predicted molar refractivity (Wildman–Crippen MR) is 89.3 cm³/mol. The summed E-state index contributed by atoms with van der Waals surface area (Å²) >= 11 is 1.66. The van der Waals surface area contributed by atoms with Crippen LogP contribution in [0.3, 0.4) is 0 Å². The smallest absolute Gasteiger partial charge is 0.234 e. The van der Waals surface area contributed by atoms with Gasteiger partial charge in [0.2, 0.25) is 5.91 Å². The minimum absolute atomic E-state index is 0.0587. The summed E-state index contributed by atoms with van der Waals surface area (Å²) in [6.07, 6.45) is 3.77. The first-order valence-corrected chi connectivity index (χ1v) is 8.73. The molecule has 1 amide bonds. The largest absolute Gasteiger partial charge is 0.374 e. The molecule has 23 heavy (non-hydrogen) atoms. The summed E-state index contributed by atoms with van der Waals surface area (Å²) in [5.41, 5.74) is 0. The van der Waals surface area contributed by atoms with Gasteiger partial charge in [-0.3, -0.25) is 14.4 Å². The highest BCUT2D eigenvalue weighted by molar-refractivity contribution is 7.10. The molecule has 0 aromatic carbocycles. The fourth-order valence-corrected chi connectivity index (χ4v) is 3.49. The number of amides is 1. The number of rotatable bonds is 6. The van der Waals surface area contributed by atoms with Crippen molar-refractivity contribution >= 4 is 17.2 Å². The summed E-state index contributed by atoms with van der Waals surface area (Å²) in [5.74, 6) is 0.0608. The van der Waals surface area contributed by atoms with Crippen molar-refractivity contribution in [2.24, 2.45) is 0 Å². The molecule has 0 bridgehead atoms. The summed E-state index contributed by atoms with van der Waals surface area (Å²) in [4.78, 5) is 15.6. The van der Waals surface area contributed by atoms with Crippen molar-refractivity contribution in [1.82, 2.24) is 20.0 Å². The van der Waals surface area contributed by atoms with Crippen LogP contribution in [-0.2, 0) is 16.1 Å². The minimum atomic E-state index is 0.0587. The lowest BCUT2D eigenvalue weighted by molar-refractivity contribution is -0.125. The van der Waals surface area contributed by atoms with E-state index < -0.39 is 0 Å². The van der Waals surface area contributed by atoms with Gasteiger partial charge in [0.1, 0.15) is 0 Å². The molecular weight excluding hydrogens is 312 g/mol. The predicted octanol–water partition coefficient (Wildman–Crippen LogP) is 1.52. The Balaban J connectivity index is 1.46.